The van der Waals surface area contributed by atoms with Crippen molar-refractivity contribution in [3.05, 3.63) is 54.5 Å². The minimum absolute atomic E-state index is 0.0229. The highest BCUT2D eigenvalue weighted by Gasteiger charge is 2.50. The molecule has 0 aliphatic carbocycles. The van der Waals surface area contributed by atoms with Crippen molar-refractivity contribution >= 4 is 17.5 Å². The van der Waals surface area contributed by atoms with E-state index in [9.17, 15) is 9.59 Å². The molecular formula is C20H23N3O3. The lowest BCUT2D eigenvalue weighted by Crippen LogP contribution is -2.66. The number of anilines is 1. The molecule has 4 rings (SSSR count). The Morgan fingerprint density at radius 3 is 2.69 bits per heavy atom. The van der Waals surface area contributed by atoms with Crippen molar-refractivity contribution in [2.24, 2.45) is 0 Å². The van der Waals surface area contributed by atoms with E-state index in [1.807, 2.05) is 41.3 Å². The van der Waals surface area contributed by atoms with E-state index >= 15 is 0 Å². The Morgan fingerprint density at radius 1 is 1.19 bits per heavy atom. The van der Waals surface area contributed by atoms with Crippen LogP contribution in [0.4, 0.5) is 5.69 Å². The maximum Gasteiger partial charge on any atom is 0.246 e. The minimum atomic E-state index is -0.334. The molecule has 136 valence electrons. The molecule has 2 saturated heterocycles. The van der Waals surface area contributed by atoms with Crippen molar-refractivity contribution in [2.75, 3.05) is 31.1 Å². The minimum Gasteiger partial charge on any atom is -0.472 e. The van der Waals surface area contributed by atoms with Gasteiger partial charge in [0.15, 0.2) is 0 Å². The summed E-state index contributed by atoms with van der Waals surface area (Å²) in [5.74, 6) is -0.0541. The third-order valence-electron chi connectivity index (χ3n) is 5.47. The average Bonchev–Trinajstić information content (AvgIpc) is 3.28. The van der Waals surface area contributed by atoms with Crippen molar-refractivity contribution < 1.29 is 14.0 Å². The van der Waals surface area contributed by atoms with Crippen LogP contribution in [0.15, 0.2) is 53.3 Å². The molecule has 0 unspecified atom stereocenters. The van der Waals surface area contributed by atoms with E-state index in [4.69, 9.17) is 4.42 Å². The molecule has 26 heavy (non-hydrogen) atoms. The first-order valence-corrected chi connectivity index (χ1v) is 8.94. The molecule has 2 aromatic rings. The maximum atomic E-state index is 12.7. The van der Waals surface area contributed by atoms with Crippen LogP contribution in [0.25, 0.3) is 0 Å². The molecule has 1 aromatic carbocycles. The molecule has 6 heteroatoms. The molecule has 0 N–H and O–H groups in total. The number of carbonyl (C=O) groups is 2. The summed E-state index contributed by atoms with van der Waals surface area (Å²) in [7, 11) is 0. The van der Waals surface area contributed by atoms with Crippen LogP contribution in [0.2, 0.25) is 0 Å². The Kier molecular flexibility index (Phi) is 4.28. The van der Waals surface area contributed by atoms with E-state index in [2.05, 4.69) is 4.90 Å². The Labute approximate surface area is 153 Å². The van der Waals surface area contributed by atoms with Crippen molar-refractivity contribution in [3.8, 4) is 0 Å². The molecule has 1 aromatic heterocycles. The fraction of sp³-hybridized carbons (Fsp3) is 0.400. The number of benzene rings is 1. The summed E-state index contributed by atoms with van der Waals surface area (Å²) in [6, 6.07) is 11.7. The highest BCUT2D eigenvalue weighted by molar-refractivity contribution is 5.98. The highest BCUT2D eigenvalue weighted by atomic mass is 16.3. The van der Waals surface area contributed by atoms with Gasteiger partial charge in [0, 0.05) is 37.8 Å². The number of rotatable bonds is 3. The number of furan rings is 1. The molecule has 2 amide bonds. The van der Waals surface area contributed by atoms with Crippen LogP contribution < -0.4 is 4.90 Å². The van der Waals surface area contributed by atoms with Crippen LogP contribution in [0.5, 0.6) is 0 Å². The molecule has 0 saturated carbocycles. The van der Waals surface area contributed by atoms with Crippen LogP contribution in [-0.4, -0.2) is 53.3 Å². The average molecular weight is 353 g/mol. The smallest absolute Gasteiger partial charge is 0.246 e. The summed E-state index contributed by atoms with van der Waals surface area (Å²) in [6.45, 7) is 4.69. The van der Waals surface area contributed by atoms with Crippen LogP contribution in [0.3, 0.4) is 0 Å². The van der Waals surface area contributed by atoms with Crippen LogP contribution in [-0.2, 0) is 16.1 Å². The largest absolute Gasteiger partial charge is 0.472 e. The van der Waals surface area contributed by atoms with Gasteiger partial charge in [-0.15, -0.1) is 0 Å². The van der Waals surface area contributed by atoms with Gasteiger partial charge in [-0.1, -0.05) is 18.2 Å². The van der Waals surface area contributed by atoms with Gasteiger partial charge < -0.3 is 14.2 Å². The first-order valence-electron chi connectivity index (χ1n) is 8.94. The van der Waals surface area contributed by atoms with Gasteiger partial charge in [-0.05, 0) is 24.6 Å². The lowest BCUT2D eigenvalue weighted by Gasteiger charge is -2.48. The SMILES string of the molecule is CC(=O)N1CC(=O)N(c2ccccc2)C[C@]12CCN(Cc1ccoc1)C2. The highest BCUT2D eigenvalue weighted by Crippen LogP contribution is 2.35. The summed E-state index contributed by atoms with van der Waals surface area (Å²) in [5.41, 5.74) is 1.69. The fourth-order valence-electron chi connectivity index (χ4n) is 4.21. The van der Waals surface area contributed by atoms with Crippen LogP contribution >= 0.6 is 0 Å². The molecule has 6 nitrogen and oxygen atoms in total. The zero-order chi connectivity index (χ0) is 18.1. The van der Waals surface area contributed by atoms with Gasteiger partial charge in [0.1, 0.15) is 6.54 Å². The Bertz CT molecular complexity index is 790. The quantitative estimate of drug-likeness (QED) is 0.848. The second kappa shape index (κ2) is 6.61. The number of hydrogen-bond donors (Lipinski definition) is 0. The first-order chi connectivity index (χ1) is 12.6. The van der Waals surface area contributed by atoms with E-state index in [-0.39, 0.29) is 23.9 Å². The third-order valence-corrected chi connectivity index (χ3v) is 5.47. The van der Waals surface area contributed by atoms with Crippen molar-refractivity contribution in [3.63, 3.8) is 0 Å². The molecular weight excluding hydrogens is 330 g/mol. The lowest BCUT2D eigenvalue weighted by molar-refractivity contribution is -0.142. The van der Waals surface area contributed by atoms with Crippen LogP contribution in [0.1, 0.15) is 18.9 Å². The van der Waals surface area contributed by atoms with Gasteiger partial charge in [-0.3, -0.25) is 14.5 Å². The molecule has 0 bridgehead atoms. The fourth-order valence-corrected chi connectivity index (χ4v) is 4.21. The molecule has 2 aliphatic heterocycles. The van der Waals surface area contributed by atoms with E-state index in [0.29, 0.717) is 6.54 Å². The molecule has 2 fully saturated rings. The van der Waals surface area contributed by atoms with Gasteiger partial charge in [0.2, 0.25) is 11.8 Å². The number of nitrogens with zero attached hydrogens (tertiary/aromatic N) is 3. The van der Waals surface area contributed by atoms with E-state index in [0.717, 1.165) is 37.3 Å². The zero-order valence-electron chi connectivity index (χ0n) is 14.9. The van der Waals surface area contributed by atoms with Gasteiger partial charge in [0.25, 0.3) is 0 Å². The standard InChI is InChI=1S/C20H23N3O3/c1-16(24)23-12-19(25)22(18-5-3-2-4-6-18)15-20(23)8-9-21(14-20)11-17-7-10-26-13-17/h2-7,10,13H,8-9,11-12,14-15H2,1H3/t20-/m1/s1. The second-order valence-electron chi connectivity index (χ2n) is 7.24. The van der Waals surface area contributed by atoms with Crippen molar-refractivity contribution in [1.29, 1.82) is 0 Å². The van der Waals surface area contributed by atoms with Crippen molar-refractivity contribution in [1.82, 2.24) is 9.80 Å². The Hall–Kier alpha value is -2.60. The van der Waals surface area contributed by atoms with Crippen molar-refractivity contribution in [2.45, 2.75) is 25.4 Å². The molecule has 1 atom stereocenters. The normalized spacial score (nSPS) is 23.8. The van der Waals surface area contributed by atoms with Crippen LogP contribution in [0, 0.1) is 0 Å². The van der Waals surface area contributed by atoms with E-state index in [1.54, 1.807) is 24.3 Å². The number of likely N-dealkylation sites (tertiary alicyclic amines) is 1. The monoisotopic (exact) mass is 353 g/mol. The molecule has 3 heterocycles. The summed E-state index contributed by atoms with van der Waals surface area (Å²) in [6.07, 6.45) is 4.30. The van der Waals surface area contributed by atoms with Gasteiger partial charge in [0.05, 0.1) is 24.6 Å². The number of carbonyl (C=O) groups excluding carboxylic acids is 2. The number of amides is 2. The maximum absolute atomic E-state index is 12.7. The summed E-state index contributed by atoms with van der Waals surface area (Å²) < 4.78 is 5.17. The summed E-state index contributed by atoms with van der Waals surface area (Å²) in [4.78, 5) is 30.9. The van der Waals surface area contributed by atoms with Gasteiger partial charge >= 0.3 is 0 Å². The number of para-hydroxylation sites is 1. The van der Waals surface area contributed by atoms with E-state index < -0.39 is 0 Å². The van der Waals surface area contributed by atoms with Gasteiger partial charge in [-0.2, -0.15) is 0 Å². The first kappa shape index (κ1) is 16.8. The number of piperazine rings is 1. The predicted octanol–water partition coefficient (Wildman–Crippen LogP) is 2.12. The molecule has 1 spiro atoms. The summed E-state index contributed by atoms with van der Waals surface area (Å²) in [5, 5.41) is 0. The zero-order valence-corrected chi connectivity index (χ0v) is 14.9. The lowest BCUT2D eigenvalue weighted by atomic mass is 9.91. The topological polar surface area (TPSA) is 57.0 Å². The van der Waals surface area contributed by atoms with E-state index in [1.165, 1.54) is 0 Å². The third kappa shape index (κ3) is 3.01. The molecule has 0 radical (unpaired) electrons. The Balaban J connectivity index is 1.59. The predicted molar refractivity (Wildman–Crippen MR) is 97.5 cm³/mol. The number of hydrogen-bond acceptors (Lipinski definition) is 4. The second-order valence-corrected chi connectivity index (χ2v) is 7.24. The van der Waals surface area contributed by atoms with Gasteiger partial charge in [-0.25, -0.2) is 0 Å². The summed E-state index contributed by atoms with van der Waals surface area (Å²) >= 11 is 0. The molecule has 2 aliphatic rings. The Morgan fingerprint density at radius 2 is 2.00 bits per heavy atom.